The standard InChI is InChI=1S/C13H14N4O/c1-9-2-4-10(5-3-9)12(14)13(18)17-11-8-15-6-7-16-11/h2-8,12H,14H2,1H3,(H,16,17,18). The van der Waals surface area contributed by atoms with E-state index < -0.39 is 6.04 Å². The molecule has 1 atom stereocenters. The van der Waals surface area contributed by atoms with Gasteiger partial charge in [0.1, 0.15) is 6.04 Å². The van der Waals surface area contributed by atoms with E-state index in [1.54, 1.807) is 0 Å². The Kier molecular flexibility index (Phi) is 3.64. The van der Waals surface area contributed by atoms with Gasteiger partial charge in [0.2, 0.25) is 5.91 Å². The smallest absolute Gasteiger partial charge is 0.247 e. The van der Waals surface area contributed by atoms with E-state index in [9.17, 15) is 4.79 Å². The molecule has 0 radical (unpaired) electrons. The van der Waals surface area contributed by atoms with Crippen LogP contribution in [0, 0.1) is 6.92 Å². The monoisotopic (exact) mass is 242 g/mol. The first-order valence-electron chi connectivity index (χ1n) is 5.56. The lowest BCUT2D eigenvalue weighted by Crippen LogP contribution is -2.28. The first kappa shape index (κ1) is 12.2. The Morgan fingerprint density at radius 3 is 2.61 bits per heavy atom. The molecule has 92 valence electrons. The maximum absolute atomic E-state index is 11.9. The van der Waals surface area contributed by atoms with Gasteiger partial charge in [-0.3, -0.25) is 9.78 Å². The van der Waals surface area contributed by atoms with Crippen LogP contribution in [0.3, 0.4) is 0 Å². The maximum Gasteiger partial charge on any atom is 0.247 e. The molecular formula is C13H14N4O. The van der Waals surface area contributed by atoms with Gasteiger partial charge < -0.3 is 11.1 Å². The summed E-state index contributed by atoms with van der Waals surface area (Å²) in [6, 6.07) is 6.81. The van der Waals surface area contributed by atoms with E-state index >= 15 is 0 Å². The molecule has 2 aromatic rings. The van der Waals surface area contributed by atoms with Gasteiger partial charge in [0.15, 0.2) is 5.82 Å². The maximum atomic E-state index is 11.9. The summed E-state index contributed by atoms with van der Waals surface area (Å²) in [4.78, 5) is 19.7. The molecule has 5 heteroatoms. The van der Waals surface area contributed by atoms with Crippen molar-refractivity contribution in [2.45, 2.75) is 13.0 Å². The van der Waals surface area contributed by atoms with E-state index in [1.807, 2.05) is 31.2 Å². The molecule has 5 nitrogen and oxygen atoms in total. The van der Waals surface area contributed by atoms with E-state index in [1.165, 1.54) is 18.6 Å². The molecule has 18 heavy (non-hydrogen) atoms. The van der Waals surface area contributed by atoms with Crippen LogP contribution in [0.2, 0.25) is 0 Å². The van der Waals surface area contributed by atoms with Gasteiger partial charge in [0, 0.05) is 12.4 Å². The lowest BCUT2D eigenvalue weighted by molar-refractivity contribution is -0.117. The number of aromatic nitrogens is 2. The Hall–Kier alpha value is -2.27. The predicted molar refractivity (Wildman–Crippen MR) is 68.8 cm³/mol. The third kappa shape index (κ3) is 2.89. The molecule has 0 bridgehead atoms. The minimum atomic E-state index is -0.715. The summed E-state index contributed by atoms with van der Waals surface area (Å²) < 4.78 is 0. The summed E-state index contributed by atoms with van der Waals surface area (Å²) in [7, 11) is 0. The summed E-state index contributed by atoms with van der Waals surface area (Å²) in [6.45, 7) is 1.98. The van der Waals surface area contributed by atoms with Gasteiger partial charge in [0.05, 0.1) is 6.20 Å². The molecule has 1 aromatic carbocycles. The molecule has 0 saturated heterocycles. The van der Waals surface area contributed by atoms with E-state index in [4.69, 9.17) is 5.73 Å². The van der Waals surface area contributed by atoms with Crippen molar-refractivity contribution >= 4 is 11.7 Å². The van der Waals surface area contributed by atoms with Crippen LogP contribution in [-0.2, 0) is 4.79 Å². The minimum Gasteiger partial charge on any atom is -0.316 e. The molecule has 1 aromatic heterocycles. The summed E-state index contributed by atoms with van der Waals surface area (Å²) in [5.41, 5.74) is 7.77. The molecular weight excluding hydrogens is 228 g/mol. The Morgan fingerprint density at radius 2 is 2.00 bits per heavy atom. The molecule has 3 N–H and O–H groups in total. The number of aryl methyl sites for hydroxylation is 1. The van der Waals surface area contributed by atoms with E-state index in [-0.39, 0.29) is 5.91 Å². The Morgan fingerprint density at radius 1 is 1.28 bits per heavy atom. The topological polar surface area (TPSA) is 80.9 Å². The normalized spacial score (nSPS) is 11.9. The average molecular weight is 242 g/mol. The molecule has 0 spiro atoms. The summed E-state index contributed by atoms with van der Waals surface area (Å²) in [6.07, 6.45) is 4.52. The van der Waals surface area contributed by atoms with Gasteiger partial charge in [-0.2, -0.15) is 0 Å². The fourth-order valence-electron chi connectivity index (χ4n) is 1.49. The van der Waals surface area contributed by atoms with Crippen LogP contribution < -0.4 is 11.1 Å². The molecule has 0 saturated carbocycles. The fraction of sp³-hybridized carbons (Fsp3) is 0.154. The molecule has 0 aliphatic rings. The minimum absolute atomic E-state index is 0.306. The highest BCUT2D eigenvalue weighted by Gasteiger charge is 2.15. The van der Waals surface area contributed by atoms with Crippen molar-refractivity contribution in [1.29, 1.82) is 0 Å². The van der Waals surface area contributed by atoms with Gasteiger partial charge >= 0.3 is 0 Å². The van der Waals surface area contributed by atoms with Crippen LogP contribution >= 0.6 is 0 Å². The van der Waals surface area contributed by atoms with E-state index in [2.05, 4.69) is 15.3 Å². The number of amides is 1. The summed E-state index contributed by atoms with van der Waals surface area (Å²) in [5, 5.41) is 2.62. The quantitative estimate of drug-likeness (QED) is 0.853. The number of rotatable bonds is 3. The first-order valence-corrected chi connectivity index (χ1v) is 5.56. The third-order valence-corrected chi connectivity index (χ3v) is 2.53. The van der Waals surface area contributed by atoms with Crippen molar-refractivity contribution in [2.24, 2.45) is 5.73 Å². The Labute approximate surface area is 105 Å². The summed E-state index contributed by atoms with van der Waals surface area (Å²) in [5.74, 6) is 0.0874. The average Bonchev–Trinajstić information content (AvgIpc) is 2.40. The molecule has 0 aliphatic heterocycles. The lowest BCUT2D eigenvalue weighted by Gasteiger charge is -2.12. The highest BCUT2D eigenvalue weighted by molar-refractivity contribution is 5.94. The Bertz CT molecular complexity index is 524. The second kappa shape index (κ2) is 5.37. The van der Waals surface area contributed by atoms with Crippen LogP contribution in [0.4, 0.5) is 5.82 Å². The number of nitrogens with one attached hydrogen (secondary N) is 1. The second-order valence-electron chi connectivity index (χ2n) is 3.97. The van der Waals surface area contributed by atoms with Crippen molar-refractivity contribution in [3.05, 3.63) is 54.0 Å². The van der Waals surface area contributed by atoms with Crippen LogP contribution in [0.25, 0.3) is 0 Å². The zero-order valence-electron chi connectivity index (χ0n) is 10.00. The van der Waals surface area contributed by atoms with Crippen LogP contribution in [0.1, 0.15) is 17.2 Å². The van der Waals surface area contributed by atoms with Crippen LogP contribution in [0.5, 0.6) is 0 Å². The zero-order chi connectivity index (χ0) is 13.0. The van der Waals surface area contributed by atoms with Crippen molar-refractivity contribution in [3.8, 4) is 0 Å². The van der Waals surface area contributed by atoms with Crippen LogP contribution in [-0.4, -0.2) is 15.9 Å². The Balaban J connectivity index is 2.07. The number of nitrogens with two attached hydrogens (primary N) is 1. The van der Waals surface area contributed by atoms with Gasteiger partial charge in [0.25, 0.3) is 0 Å². The van der Waals surface area contributed by atoms with Gasteiger partial charge in [-0.25, -0.2) is 4.98 Å². The molecule has 0 aliphatic carbocycles. The molecule has 1 heterocycles. The molecule has 1 amide bonds. The number of benzene rings is 1. The number of carbonyl (C=O) groups excluding carboxylic acids is 1. The van der Waals surface area contributed by atoms with Crippen molar-refractivity contribution in [2.75, 3.05) is 5.32 Å². The number of carbonyl (C=O) groups is 1. The van der Waals surface area contributed by atoms with Crippen molar-refractivity contribution in [1.82, 2.24) is 9.97 Å². The van der Waals surface area contributed by atoms with Gasteiger partial charge in [-0.1, -0.05) is 29.8 Å². The highest BCUT2D eigenvalue weighted by atomic mass is 16.2. The van der Waals surface area contributed by atoms with Crippen molar-refractivity contribution in [3.63, 3.8) is 0 Å². The molecule has 2 rings (SSSR count). The van der Waals surface area contributed by atoms with E-state index in [0.29, 0.717) is 5.82 Å². The highest BCUT2D eigenvalue weighted by Crippen LogP contribution is 2.13. The van der Waals surface area contributed by atoms with E-state index in [0.717, 1.165) is 11.1 Å². The fourth-order valence-corrected chi connectivity index (χ4v) is 1.49. The third-order valence-electron chi connectivity index (χ3n) is 2.53. The number of hydrogen-bond acceptors (Lipinski definition) is 4. The zero-order valence-corrected chi connectivity index (χ0v) is 10.00. The number of hydrogen-bond donors (Lipinski definition) is 2. The van der Waals surface area contributed by atoms with Crippen molar-refractivity contribution < 1.29 is 4.79 Å². The van der Waals surface area contributed by atoms with Gasteiger partial charge in [-0.15, -0.1) is 0 Å². The van der Waals surface area contributed by atoms with Crippen LogP contribution in [0.15, 0.2) is 42.9 Å². The number of nitrogens with zero attached hydrogens (tertiary/aromatic N) is 2. The number of anilines is 1. The lowest BCUT2D eigenvalue weighted by atomic mass is 10.1. The summed E-state index contributed by atoms with van der Waals surface area (Å²) >= 11 is 0. The second-order valence-corrected chi connectivity index (χ2v) is 3.97. The molecule has 1 unspecified atom stereocenters. The predicted octanol–water partition coefficient (Wildman–Crippen LogP) is 1.42. The molecule has 0 fully saturated rings. The SMILES string of the molecule is Cc1ccc(C(N)C(=O)Nc2cnccn2)cc1. The van der Waals surface area contributed by atoms with Gasteiger partial charge in [-0.05, 0) is 12.5 Å². The largest absolute Gasteiger partial charge is 0.316 e. The first-order chi connectivity index (χ1) is 8.66.